The molecule has 1 aliphatic rings. The number of nitrogen functional groups attached to an aromatic ring is 1. The lowest BCUT2D eigenvalue weighted by Gasteiger charge is -2.37. The van der Waals surface area contributed by atoms with Crippen molar-refractivity contribution in [1.82, 2.24) is 5.32 Å². The second-order valence-electron chi connectivity index (χ2n) is 6.92. The third-order valence-corrected chi connectivity index (χ3v) is 4.68. The van der Waals surface area contributed by atoms with E-state index in [-0.39, 0.29) is 5.91 Å². The summed E-state index contributed by atoms with van der Waals surface area (Å²) in [5, 5.41) is 3.27. The van der Waals surface area contributed by atoms with Crippen molar-refractivity contribution in [3.8, 4) is 0 Å². The summed E-state index contributed by atoms with van der Waals surface area (Å²) >= 11 is 0. The molecule has 0 bridgehead atoms. The van der Waals surface area contributed by atoms with Crippen LogP contribution in [0.2, 0.25) is 0 Å². The average Bonchev–Trinajstić information content (AvgIpc) is 2.38. The van der Waals surface area contributed by atoms with E-state index in [2.05, 4.69) is 26.1 Å². The van der Waals surface area contributed by atoms with Gasteiger partial charge in [-0.15, -0.1) is 0 Å². The first-order valence-electron chi connectivity index (χ1n) is 8.09. The van der Waals surface area contributed by atoms with Gasteiger partial charge in [0, 0.05) is 11.7 Å². The van der Waals surface area contributed by atoms with Crippen LogP contribution in [0.5, 0.6) is 0 Å². The Labute approximate surface area is 128 Å². The molecule has 3 heteroatoms. The molecule has 3 nitrogen and oxygen atoms in total. The molecule has 1 aromatic rings. The highest BCUT2D eigenvalue weighted by atomic mass is 16.1. The molecule has 21 heavy (non-hydrogen) atoms. The maximum absolute atomic E-state index is 12.3. The Morgan fingerprint density at radius 3 is 2.81 bits per heavy atom. The van der Waals surface area contributed by atoms with E-state index in [1.54, 1.807) is 0 Å². The van der Waals surface area contributed by atoms with Gasteiger partial charge in [-0.2, -0.15) is 0 Å². The largest absolute Gasteiger partial charge is 0.399 e. The second-order valence-corrected chi connectivity index (χ2v) is 6.92. The molecular formula is C18H28N2O. The number of carbonyl (C=O) groups excluding carboxylic acids is 1. The second kappa shape index (κ2) is 6.97. The Kier molecular flexibility index (Phi) is 5.27. The zero-order valence-electron chi connectivity index (χ0n) is 13.4. The summed E-state index contributed by atoms with van der Waals surface area (Å²) in [6.07, 6.45) is 4.03. The molecule has 0 spiro atoms. The minimum Gasteiger partial charge on any atom is -0.399 e. The number of nitrogens with two attached hydrogens (primary N) is 1. The van der Waals surface area contributed by atoms with Crippen LogP contribution in [0, 0.1) is 17.8 Å². The van der Waals surface area contributed by atoms with Crippen molar-refractivity contribution in [2.45, 2.75) is 52.5 Å². The molecular weight excluding hydrogens is 260 g/mol. The molecule has 0 radical (unpaired) electrons. The first kappa shape index (κ1) is 15.9. The molecule has 2 rings (SSSR count). The molecule has 1 saturated carbocycles. The molecule has 0 aliphatic heterocycles. The fraction of sp³-hybridized carbons (Fsp3) is 0.611. The number of hydrogen-bond acceptors (Lipinski definition) is 2. The van der Waals surface area contributed by atoms with Crippen molar-refractivity contribution < 1.29 is 4.79 Å². The fourth-order valence-corrected chi connectivity index (χ4v) is 3.51. The third-order valence-electron chi connectivity index (χ3n) is 4.68. The van der Waals surface area contributed by atoms with Gasteiger partial charge in [0.05, 0.1) is 6.42 Å². The number of anilines is 1. The summed E-state index contributed by atoms with van der Waals surface area (Å²) in [6, 6.07) is 7.90. The number of nitrogens with one attached hydrogen (secondary N) is 1. The van der Waals surface area contributed by atoms with Crippen molar-refractivity contribution in [2.24, 2.45) is 17.8 Å². The molecule has 1 amide bonds. The van der Waals surface area contributed by atoms with Crippen LogP contribution in [0.25, 0.3) is 0 Å². The third kappa shape index (κ3) is 4.48. The van der Waals surface area contributed by atoms with Crippen molar-refractivity contribution in [1.29, 1.82) is 0 Å². The van der Waals surface area contributed by atoms with E-state index in [0.717, 1.165) is 12.0 Å². The van der Waals surface area contributed by atoms with Crippen LogP contribution < -0.4 is 11.1 Å². The molecule has 3 atom stereocenters. The molecule has 1 fully saturated rings. The van der Waals surface area contributed by atoms with Crippen LogP contribution >= 0.6 is 0 Å². The highest BCUT2D eigenvalue weighted by molar-refractivity contribution is 5.79. The van der Waals surface area contributed by atoms with Crippen molar-refractivity contribution in [3.63, 3.8) is 0 Å². The summed E-state index contributed by atoms with van der Waals surface area (Å²) in [5.41, 5.74) is 7.47. The average molecular weight is 288 g/mol. The summed E-state index contributed by atoms with van der Waals surface area (Å²) in [7, 11) is 0. The van der Waals surface area contributed by atoms with Crippen molar-refractivity contribution in [3.05, 3.63) is 29.8 Å². The Balaban J connectivity index is 1.96. The quantitative estimate of drug-likeness (QED) is 0.834. The number of benzene rings is 1. The number of amides is 1. The molecule has 1 aromatic carbocycles. The van der Waals surface area contributed by atoms with E-state index < -0.39 is 0 Å². The zero-order chi connectivity index (χ0) is 15.4. The molecule has 0 saturated heterocycles. The Hall–Kier alpha value is -1.51. The molecule has 3 N–H and O–H groups in total. The normalized spacial score (nSPS) is 25.8. The van der Waals surface area contributed by atoms with Gasteiger partial charge in [0.1, 0.15) is 0 Å². The van der Waals surface area contributed by atoms with Gasteiger partial charge in [-0.25, -0.2) is 0 Å². The molecule has 116 valence electrons. The van der Waals surface area contributed by atoms with Crippen LogP contribution in [-0.4, -0.2) is 11.9 Å². The minimum absolute atomic E-state index is 0.116. The summed E-state index contributed by atoms with van der Waals surface area (Å²) in [6.45, 7) is 6.81. The Morgan fingerprint density at radius 2 is 2.14 bits per heavy atom. The van der Waals surface area contributed by atoms with Crippen LogP contribution in [0.1, 0.15) is 45.6 Å². The SMILES string of the molecule is CC1CCC(C(C)C)C(NC(=O)Cc2cccc(N)c2)C1. The molecule has 0 aromatic heterocycles. The predicted molar refractivity (Wildman–Crippen MR) is 87.8 cm³/mol. The summed E-state index contributed by atoms with van der Waals surface area (Å²) < 4.78 is 0. The fourth-order valence-electron chi connectivity index (χ4n) is 3.51. The van der Waals surface area contributed by atoms with Crippen molar-refractivity contribution in [2.75, 3.05) is 5.73 Å². The van der Waals surface area contributed by atoms with Crippen LogP contribution in [0.15, 0.2) is 24.3 Å². The van der Waals surface area contributed by atoms with E-state index in [4.69, 9.17) is 5.73 Å². The van der Waals surface area contributed by atoms with Gasteiger partial charge in [-0.1, -0.05) is 39.3 Å². The van der Waals surface area contributed by atoms with Crippen LogP contribution in [0.3, 0.4) is 0 Å². The van der Waals surface area contributed by atoms with E-state index in [0.29, 0.717) is 35.9 Å². The van der Waals surface area contributed by atoms with E-state index >= 15 is 0 Å². The maximum Gasteiger partial charge on any atom is 0.224 e. The van der Waals surface area contributed by atoms with Gasteiger partial charge < -0.3 is 11.1 Å². The number of rotatable bonds is 4. The van der Waals surface area contributed by atoms with Crippen molar-refractivity contribution >= 4 is 11.6 Å². The Morgan fingerprint density at radius 1 is 1.38 bits per heavy atom. The summed E-state index contributed by atoms with van der Waals surface area (Å²) in [4.78, 5) is 12.3. The van der Waals surface area contributed by atoms with Gasteiger partial charge in [0.2, 0.25) is 5.91 Å². The van der Waals surface area contributed by atoms with Gasteiger partial charge in [0.15, 0.2) is 0 Å². The first-order chi connectivity index (χ1) is 9.95. The minimum atomic E-state index is 0.116. The number of hydrogen-bond donors (Lipinski definition) is 2. The summed E-state index contributed by atoms with van der Waals surface area (Å²) in [5.74, 6) is 2.05. The molecule has 0 heterocycles. The predicted octanol–water partition coefficient (Wildman–Crippen LogP) is 3.39. The lowest BCUT2D eigenvalue weighted by molar-refractivity contribution is -0.122. The van der Waals surface area contributed by atoms with E-state index in [9.17, 15) is 4.79 Å². The van der Waals surface area contributed by atoms with Crippen LogP contribution in [-0.2, 0) is 11.2 Å². The monoisotopic (exact) mass is 288 g/mol. The molecule has 3 unspecified atom stereocenters. The van der Waals surface area contributed by atoms with E-state index in [1.807, 2.05) is 24.3 Å². The van der Waals surface area contributed by atoms with Gasteiger partial charge in [0.25, 0.3) is 0 Å². The molecule has 1 aliphatic carbocycles. The zero-order valence-corrected chi connectivity index (χ0v) is 13.4. The Bertz CT molecular complexity index is 484. The topological polar surface area (TPSA) is 55.1 Å². The maximum atomic E-state index is 12.3. The smallest absolute Gasteiger partial charge is 0.224 e. The lowest BCUT2D eigenvalue weighted by Crippen LogP contribution is -2.46. The highest BCUT2D eigenvalue weighted by Crippen LogP contribution is 2.33. The number of carbonyl (C=O) groups is 1. The van der Waals surface area contributed by atoms with Gasteiger partial charge in [-0.05, 0) is 48.3 Å². The highest BCUT2D eigenvalue weighted by Gasteiger charge is 2.31. The first-order valence-corrected chi connectivity index (χ1v) is 8.09. The lowest BCUT2D eigenvalue weighted by atomic mass is 9.74. The van der Waals surface area contributed by atoms with Crippen LogP contribution in [0.4, 0.5) is 5.69 Å². The standard InChI is InChI=1S/C18H28N2O/c1-12(2)16-8-7-13(3)9-17(16)20-18(21)11-14-5-4-6-15(19)10-14/h4-6,10,12-13,16-17H,7-9,11,19H2,1-3H3,(H,20,21). The van der Waals surface area contributed by atoms with Gasteiger partial charge >= 0.3 is 0 Å². The van der Waals surface area contributed by atoms with Gasteiger partial charge in [-0.3, -0.25) is 4.79 Å². The van der Waals surface area contributed by atoms with E-state index in [1.165, 1.54) is 12.8 Å².